The van der Waals surface area contributed by atoms with Gasteiger partial charge in [-0.05, 0) is 12.1 Å². The summed E-state index contributed by atoms with van der Waals surface area (Å²) in [6, 6.07) is 5.01. The second-order valence-corrected chi connectivity index (χ2v) is 2.72. The molecule has 0 radical (unpaired) electrons. The monoisotopic (exact) mass is 212 g/mol. The summed E-state index contributed by atoms with van der Waals surface area (Å²) >= 11 is 0. The third-order valence-electron chi connectivity index (χ3n) is 1.64. The van der Waals surface area contributed by atoms with Crippen LogP contribution in [0.5, 0.6) is 0 Å². The number of hydrogen-bond acceptors (Lipinski definition) is 1. The maximum Gasteiger partial charge on any atom is 0.417 e. The molecule has 0 aliphatic rings. The van der Waals surface area contributed by atoms with E-state index >= 15 is 0 Å². The largest absolute Gasteiger partial charge is 0.417 e. The van der Waals surface area contributed by atoms with E-state index in [4.69, 9.17) is 0 Å². The molecule has 15 heavy (non-hydrogen) atoms. The molecule has 4 heteroatoms. The zero-order valence-electron chi connectivity index (χ0n) is 7.64. The molecule has 0 aliphatic heterocycles. The smallest absolute Gasteiger partial charge is 0.302 e. The number of hydrogen-bond donors (Lipinski definition) is 0. The number of halogens is 3. The van der Waals surface area contributed by atoms with Crippen molar-refractivity contribution in [2.75, 3.05) is 0 Å². The Morgan fingerprint density at radius 1 is 1.27 bits per heavy atom. The van der Waals surface area contributed by atoms with Crippen LogP contribution in [0.25, 0.3) is 0 Å². The topological polar surface area (TPSA) is 17.1 Å². The van der Waals surface area contributed by atoms with E-state index in [9.17, 15) is 18.0 Å². The minimum Gasteiger partial charge on any atom is -0.302 e. The Bertz CT molecular complexity index is 410. The Morgan fingerprint density at radius 2 is 1.93 bits per heavy atom. The molecule has 0 unspecified atom stereocenters. The molecule has 1 rings (SSSR count). The predicted octanol–water partition coefficient (Wildman–Crippen LogP) is 2.65. The minimum absolute atomic E-state index is 0.0633. The number of aldehydes is 1. The van der Waals surface area contributed by atoms with Gasteiger partial charge in [-0.25, -0.2) is 0 Å². The normalized spacial score (nSPS) is 10.3. The molecule has 1 aromatic rings. The van der Waals surface area contributed by atoms with Crippen LogP contribution in [0.4, 0.5) is 13.2 Å². The molecule has 0 atom stereocenters. The van der Waals surface area contributed by atoms with E-state index in [0.717, 1.165) is 6.07 Å². The third-order valence-corrected chi connectivity index (χ3v) is 1.64. The molecule has 0 aliphatic carbocycles. The van der Waals surface area contributed by atoms with Crippen LogP contribution in [-0.2, 0) is 11.0 Å². The maximum atomic E-state index is 12.4. The summed E-state index contributed by atoms with van der Waals surface area (Å²) in [5.41, 5.74) is -0.879. The van der Waals surface area contributed by atoms with Gasteiger partial charge in [0.25, 0.3) is 0 Å². The van der Waals surface area contributed by atoms with E-state index in [1.54, 1.807) is 0 Å². The van der Waals surface area contributed by atoms with Crippen molar-refractivity contribution in [2.24, 2.45) is 0 Å². The summed E-state index contributed by atoms with van der Waals surface area (Å²) < 4.78 is 37.3. The summed E-state index contributed by atoms with van der Waals surface area (Å²) in [7, 11) is 0. The van der Waals surface area contributed by atoms with Crippen LogP contribution >= 0.6 is 0 Å². The van der Waals surface area contributed by atoms with Crippen LogP contribution in [-0.4, -0.2) is 6.29 Å². The van der Waals surface area contributed by atoms with Gasteiger partial charge in [0.2, 0.25) is 0 Å². The second-order valence-electron chi connectivity index (χ2n) is 2.72. The van der Waals surface area contributed by atoms with Crippen LogP contribution in [0.3, 0.4) is 0 Å². The lowest BCUT2D eigenvalue weighted by molar-refractivity contribution is -0.137. The number of carbonyl (C=O) groups excluding carboxylic acids is 1. The van der Waals surface area contributed by atoms with Gasteiger partial charge in [-0.15, -0.1) is 0 Å². The molecule has 0 aromatic heterocycles. The van der Waals surface area contributed by atoms with E-state index in [2.05, 4.69) is 11.8 Å². The zero-order valence-corrected chi connectivity index (χ0v) is 7.64. The first-order valence-corrected chi connectivity index (χ1v) is 4.14. The SMILES string of the molecule is O=CCC#Cc1ccccc1C(F)(F)F. The Balaban J connectivity index is 3.09. The summed E-state index contributed by atoms with van der Waals surface area (Å²) in [5.74, 6) is 4.67. The highest BCUT2D eigenvalue weighted by Crippen LogP contribution is 2.31. The fourth-order valence-corrected chi connectivity index (χ4v) is 1.03. The van der Waals surface area contributed by atoms with Gasteiger partial charge in [0.05, 0.1) is 12.0 Å². The Hall–Kier alpha value is -1.76. The van der Waals surface area contributed by atoms with Crippen molar-refractivity contribution in [2.45, 2.75) is 12.6 Å². The van der Waals surface area contributed by atoms with Gasteiger partial charge >= 0.3 is 6.18 Å². The third kappa shape index (κ3) is 3.13. The molecule has 0 fully saturated rings. The number of rotatable bonds is 1. The maximum absolute atomic E-state index is 12.4. The van der Waals surface area contributed by atoms with Crippen molar-refractivity contribution in [3.63, 3.8) is 0 Å². The fraction of sp³-hybridized carbons (Fsp3) is 0.182. The first-order valence-electron chi connectivity index (χ1n) is 4.14. The number of alkyl halides is 3. The van der Waals surface area contributed by atoms with Gasteiger partial charge < -0.3 is 4.79 Å². The van der Waals surface area contributed by atoms with E-state index in [1.807, 2.05) is 0 Å². The highest BCUT2D eigenvalue weighted by atomic mass is 19.4. The van der Waals surface area contributed by atoms with Crippen molar-refractivity contribution >= 4 is 6.29 Å². The number of benzene rings is 1. The summed E-state index contributed by atoms with van der Waals surface area (Å²) in [4.78, 5) is 9.95. The lowest BCUT2D eigenvalue weighted by Gasteiger charge is -2.07. The van der Waals surface area contributed by atoms with Crippen molar-refractivity contribution in [1.29, 1.82) is 0 Å². The van der Waals surface area contributed by atoms with Gasteiger partial charge in [-0.1, -0.05) is 24.0 Å². The molecule has 78 valence electrons. The molecule has 0 saturated carbocycles. The average molecular weight is 212 g/mol. The molecular formula is C11H7F3O. The Morgan fingerprint density at radius 3 is 2.53 bits per heavy atom. The lowest BCUT2D eigenvalue weighted by Crippen LogP contribution is -2.07. The van der Waals surface area contributed by atoms with E-state index < -0.39 is 11.7 Å². The fourth-order valence-electron chi connectivity index (χ4n) is 1.03. The number of carbonyl (C=O) groups is 1. The Labute approximate surface area is 84.9 Å². The molecule has 0 N–H and O–H groups in total. The summed E-state index contributed by atoms with van der Waals surface area (Å²) in [6.07, 6.45) is -3.93. The Kier molecular flexibility index (Phi) is 3.51. The standard InChI is InChI=1S/C11H7F3O/c12-11(13,14)10-7-2-1-5-9(10)6-3-4-8-15/h1-2,5,7-8H,4H2. The molecule has 0 bridgehead atoms. The van der Waals surface area contributed by atoms with Crippen molar-refractivity contribution < 1.29 is 18.0 Å². The molecule has 0 saturated heterocycles. The van der Waals surface area contributed by atoms with E-state index in [-0.39, 0.29) is 12.0 Å². The van der Waals surface area contributed by atoms with Crippen molar-refractivity contribution in [3.05, 3.63) is 35.4 Å². The molecule has 1 aromatic carbocycles. The van der Waals surface area contributed by atoms with E-state index in [1.165, 1.54) is 18.2 Å². The molecule has 0 amide bonds. The predicted molar refractivity (Wildman–Crippen MR) is 49.0 cm³/mol. The lowest BCUT2D eigenvalue weighted by atomic mass is 10.1. The van der Waals surface area contributed by atoms with Crippen LogP contribution in [0, 0.1) is 11.8 Å². The van der Waals surface area contributed by atoms with E-state index in [0.29, 0.717) is 6.29 Å². The minimum atomic E-state index is -4.41. The molecule has 0 heterocycles. The summed E-state index contributed by atoms with van der Waals surface area (Å²) in [5, 5.41) is 0. The average Bonchev–Trinajstić information content (AvgIpc) is 2.17. The first kappa shape index (κ1) is 11.3. The van der Waals surface area contributed by atoms with Crippen molar-refractivity contribution in [3.8, 4) is 11.8 Å². The first-order chi connectivity index (χ1) is 7.05. The molecular weight excluding hydrogens is 205 g/mol. The summed E-state index contributed by atoms with van der Waals surface area (Å²) in [6.45, 7) is 0. The highest BCUT2D eigenvalue weighted by molar-refractivity contribution is 5.55. The van der Waals surface area contributed by atoms with Crippen molar-refractivity contribution in [1.82, 2.24) is 0 Å². The van der Waals surface area contributed by atoms with Gasteiger partial charge in [0.15, 0.2) is 0 Å². The van der Waals surface area contributed by atoms with Gasteiger partial charge in [0.1, 0.15) is 6.29 Å². The van der Waals surface area contributed by atoms with Crippen LogP contribution in [0.15, 0.2) is 24.3 Å². The highest BCUT2D eigenvalue weighted by Gasteiger charge is 2.32. The quantitative estimate of drug-likeness (QED) is 0.516. The van der Waals surface area contributed by atoms with Gasteiger partial charge in [-0.3, -0.25) is 0 Å². The second kappa shape index (κ2) is 4.65. The zero-order chi connectivity index (χ0) is 11.3. The van der Waals surface area contributed by atoms with Gasteiger partial charge in [-0.2, -0.15) is 13.2 Å². The van der Waals surface area contributed by atoms with Gasteiger partial charge in [0, 0.05) is 5.56 Å². The van der Waals surface area contributed by atoms with Crippen LogP contribution < -0.4 is 0 Å². The van der Waals surface area contributed by atoms with Crippen LogP contribution in [0.1, 0.15) is 17.5 Å². The molecule has 1 nitrogen and oxygen atoms in total. The van der Waals surface area contributed by atoms with Crippen LogP contribution in [0.2, 0.25) is 0 Å². The molecule has 0 spiro atoms.